The Balaban J connectivity index is 1.79. The number of anilines is 1. The zero-order valence-corrected chi connectivity index (χ0v) is 14.8. The van der Waals surface area contributed by atoms with Gasteiger partial charge in [-0.05, 0) is 36.2 Å². The van der Waals surface area contributed by atoms with E-state index < -0.39 is 0 Å². The van der Waals surface area contributed by atoms with E-state index in [0.29, 0.717) is 18.0 Å². The van der Waals surface area contributed by atoms with Gasteiger partial charge in [0, 0.05) is 12.6 Å². The predicted octanol–water partition coefficient (Wildman–Crippen LogP) is 2.48. The van der Waals surface area contributed by atoms with Crippen LogP contribution in [0.15, 0.2) is 42.5 Å². The monoisotopic (exact) mass is 344 g/mol. The number of hydrogen-bond donors (Lipinski definition) is 2. The van der Waals surface area contributed by atoms with Crippen molar-refractivity contribution in [2.24, 2.45) is 0 Å². The van der Waals surface area contributed by atoms with Gasteiger partial charge in [0.15, 0.2) is 0 Å². The summed E-state index contributed by atoms with van der Waals surface area (Å²) in [6, 6.07) is 13.2. The summed E-state index contributed by atoms with van der Waals surface area (Å²) in [6.07, 6.45) is 0.745. The maximum Gasteiger partial charge on any atom is 0.239 e. The normalized spacial score (nSPS) is 10.0. The van der Waals surface area contributed by atoms with Crippen molar-refractivity contribution >= 4 is 11.6 Å². The number of nitrogens with one attached hydrogen (secondary N) is 2. The zero-order valence-electron chi connectivity index (χ0n) is 14.8. The highest BCUT2D eigenvalue weighted by Crippen LogP contribution is 2.28. The third-order valence-electron chi connectivity index (χ3n) is 3.72. The number of carbonyl (C=O) groups excluding carboxylic acids is 1. The van der Waals surface area contributed by atoms with Gasteiger partial charge in [-0.15, -0.1) is 0 Å². The van der Waals surface area contributed by atoms with E-state index in [2.05, 4.69) is 10.6 Å². The van der Waals surface area contributed by atoms with Gasteiger partial charge in [-0.3, -0.25) is 4.79 Å². The Morgan fingerprint density at radius 1 is 0.960 bits per heavy atom. The summed E-state index contributed by atoms with van der Waals surface area (Å²) in [5, 5.41) is 5.96. The fraction of sp³-hybridized carbons (Fsp3) is 0.316. The summed E-state index contributed by atoms with van der Waals surface area (Å²) in [5.74, 6) is 2.06. The maximum atomic E-state index is 12.0. The first-order chi connectivity index (χ1) is 12.2. The number of rotatable bonds is 9. The van der Waals surface area contributed by atoms with E-state index >= 15 is 0 Å². The van der Waals surface area contributed by atoms with Crippen LogP contribution in [0.1, 0.15) is 5.56 Å². The van der Waals surface area contributed by atoms with Crippen LogP contribution >= 0.6 is 0 Å². The average Bonchev–Trinajstić information content (AvgIpc) is 2.66. The van der Waals surface area contributed by atoms with Crippen LogP contribution in [0.3, 0.4) is 0 Å². The number of carbonyl (C=O) groups is 1. The predicted molar refractivity (Wildman–Crippen MR) is 97.7 cm³/mol. The van der Waals surface area contributed by atoms with E-state index in [0.717, 1.165) is 23.4 Å². The van der Waals surface area contributed by atoms with Crippen molar-refractivity contribution < 1.29 is 19.0 Å². The first-order valence-corrected chi connectivity index (χ1v) is 8.01. The molecule has 0 aliphatic heterocycles. The molecule has 0 spiro atoms. The molecule has 0 saturated heterocycles. The van der Waals surface area contributed by atoms with Gasteiger partial charge >= 0.3 is 0 Å². The molecule has 0 aromatic heterocycles. The largest absolute Gasteiger partial charge is 0.497 e. The van der Waals surface area contributed by atoms with Crippen LogP contribution in [-0.4, -0.2) is 40.3 Å². The molecule has 0 unspecified atom stereocenters. The lowest BCUT2D eigenvalue weighted by molar-refractivity contribution is -0.119. The number of ether oxygens (including phenoxy) is 3. The molecule has 2 N–H and O–H groups in total. The lowest BCUT2D eigenvalue weighted by atomic mass is 10.1. The van der Waals surface area contributed by atoms with Gasteiger partial charge in [-0.2, -0.15) is 0 Å². The molecule has 0 atom stereocenters. The SMILES string of the molecule is COc1cccc(CCNC(=O)CNc2ccc(OC)cc2OC)c1. The molecule has 134 valence electrons. The van der Waals surface area contributed by atoms with Crippen molar-refractivity contribution in [1.82, 2.24) is 5.32 Å². The highest BCUT2D eigenvalue weighted by Gasteiger charge is 2.07. The number of benzene rings is 2. The standard InChI is InChI=1S/C19H24N2O4/c1-23-15-6-4-5-14(11-15)9-10-20-19(22)13-21-17-8-7-16(24-2)12-18(17)25-3/h4-8,11-12,21H,9-10,13H2,1-3H3,(H,20,22). The van der Waals surface area contributed by atoms with Gasteiger partial charge in [0.25, 0.3) is 0 Å². The van der Waals surface area contributed by atoms with E-state index in [1.807, 2.05) is 36.4 Å². The lowest BCUT2D eigenvalue weighted by Crippen LogP contribution is -2.31. The highest BCUT2D eigenvalue weighted by atomic mass is 16.5. The summed E-state index contributed by atoms with van der Waals surface area (Å²) in [7, 11) is 4.81. The van der Waals surface area contributed by atoms with E-state index in [1.54, 1.807) is 27.4 Å². The van der Waals surface area contributed by atoms with Crippen molar-refractivity contribution in [3.63, 3.8) is 0 Å². The second kappa shape index (κ2) is 9.42. The topological polar surface area (TPSA) is 68.8 Å². The summed E-state index contributed by atoms with van der Waals surface area (Å²) >= 11 is 0. The molecular formula is C19H24N2O4. The summed E-state index contributed by atoms with van der Waals surface area (Å²) < 4.78 is 15.6. The minimum absolute atomic E-state index is 0.0826. The van der Waals surface area contributed by atoms with Crippen LogP contribution in [-0.2, 0) is 11.2 Å². The number of hydrogen-bond acceptors (Lipinski definition) is 5. The molecule has 0 fully saturated rings. The quantitative estimate of drug-likeness (QED) is 0.731. The molecule has 6 nitrogen and oxygen atoms in total. The molecule has 2 aromatic rings. The van der Waals surface area contributed by atoms with Gasteiger partial charge in [-0.1, -0.05) is 12.1 Å². The highest BCUT2D eigenvalue weighted by molar-refractivity contribution is 5.81. The van der Waals surface area contributed by atoms with E-state index in [1.165, 1.54) is 0 Å². The average molecular weight is 344 g/mol. The fourth-order valence-corrected chi connectivity index (χ4v) is 2.36. The summed E-state index contributed by atoms with van der Waals surface area (Å²) in [4.78, 5) is 12.0. The second-order valence-corrected chi connectivity index (χ2v) is 5.37. The van der Waals surface area contributed by atoms with Crippen molar-refractivity contribution in [3.8, 4) is 17.2 Å². The minimum atomic E-state index is -0.0826. The van der Waals surface area contributed by atoms with Crippen LogP contribution in [0.4, 0.5) is 5.69 Å². The smallest absolute Gasteiger partial charge is 0.239 e. The van der Waals surface area contributed by atoms with Gasteiger partial charge in [0.1, 0.15) is 17.2 Å². The van der Waals surface area contributed by atoms with Crippen molar-refractivity contribution in [2.75, 3.05) is 39.7 Å². The minimum Gasteiger partial charge on any atom is -0.497 e. The maximum absolute atomic E-state index is 12.0. The van der Waals surface area contributed by atoms with Crippen LogP contribution in [0.25, 0.3) is 0 Å². The first kappa shape index (κ1) is 18.4. The van der Waals surface area contributed by atoms with Crippen LogP contribution in [0, 0.1) is 0 Å². The molecule has 0 heterocycles. The third kappa shape index (κ3) is 5.60. The first-order valence-electron chi connectivity index (χ1n) is 8.01. The van der Waals surface area contributed by atoms with E-state index in [9.17, 15) is 4.79 Å². The van der Waals surface area contributed by atoms with Gasteiger partial charge in [0.2, 0.25) is 5.91 Å². The number of methoxy groups -OCH3 is 3. The molecule has 0 radical (unpaired) electrons. The Bertz CT molecular complexity index is 704. The molecule has 25 heavy (non-hydrogen) atoms. The molecule has 0 aliphatic carbocycles. The van der Waals surface area contributed by atoms with Crippen molar-refractivity contribution in [1.29, 1.82) is 0 Å². The van der Waals surface area contributed by atoms with Crippen LogP contribution in [0.5, 0.6) is 17.2 Å². The van der Waals surface area contributed by atoms with Crippen molar-refractivity contribution in [2.45, 2.75) is 6.42 Å². The summed E-state index contributed by atoms with van der Waals surface area (Å²) in [6.45, 7) is 0.730. The molecule has 0 saturated carbocycles. The Hall–Kier alpha value is -2.89. The van der Waals surface area contributed by atoms with Gasteiger partial charge in [0.05, 0.1) is 33.6 Å². The molecule has 2 rings (SSSR count). The molecular weight excluding hydrogens is 320 g/mol. The zero-order chi connectivity index (χ0) is 18.1. The molecule has 2 aromatic carbocycles. The van der Waals surface area contributed by atoms with Gasteiger partial charge in [-0.25, -0.2) is 0 Å². The lowest BCUT2D eigenvalue weighted by Gasteiger charge is -2.12. The Kier molecular flexibility index (Phi) is 6.95. The fourth-order valence-electron chi connectivity index (χ4n) is 2.36. The molecule has 1 amide bonds. The second-order valence-electron chi connectivity index (χ2n) is 5.37. The van der Waals surface area contributed by atoms with Crippen molar-refractivity contribution in [3.05, 3.63) is 48.0 Å². The Labute approximate surface area is 148 Å². The molecule has 0 aliphatic rings. The third-order valence-corrected chi connectivity index (χ3v) is 3.72. The number of amides is 1. The molecule has 0 bridgehead atoms. The van der Waals surface area contributed by atoms with Crippen LogP contribution < -0.4 is 24.8 Å². The van der Waals surface area contributed by atoms with E-state index in [4.69, 9.17) is 14.2 Å². The van der Waals surface area contributed by atoms with Crippen LogP contribution in [0.2, 0.25) is 0 Å². The summed E-state index contributed by atoms with van der Waals surface area (Å²) in [5.41, 5.74) is 1.86. The van der Waals surface area contributed by atoms with Gasteiger partial charge < -0.3 is 24.8 Å². The Morgan fingerprint density at radius 2 is 1.72 bits per heavy atom. The Morgan fingerprint density at radius 3 is 2.44 bits per heavy atom. The molecule has 6 heteroatoms. The van der Waals surface area contributed by atoms with E-state index in [-0.39, 0.29) is 12.5 Å².